The second-order valence-corrected chi connectivity index (χ2v) is 8.31. The molecule has 0 atom stereocenters. The average Bonchev–Trinajstić information content (AvgIpc) is 3.11. The van der Waals surface area contributed by atoms with Crippen molar-refractivity contribution in [3.8, 4) is 11.4 Å². The van der Waals surface area contributed by atoms with Crippen molar-refractivity contribution in [3.05, 3.63) is 64.6 Å². The summed E-state index contributed by atoms with van der Waals surface area (Å²) in [7, 11) is 1.55. The molecule has 2 N–H and O–H groups in total. The van der Waals surface area contributed by atoms with E-state index in [9.17, 15) is 9.59 Å². The molecule has 2 aromatic carbocycles. The van der Waals surface area contributed by atoms with Gasteiger partial charge >= 0.3 is 0 Å². The molecule has 1 aliphatic heterocycles. The Morgan fingerprint density at radius 3 is 2.47 bits per heavy atom. The number of methoxy groups -OCH3 is 1. The van der Waals surface area contributed by atoms with Crippen LogP contribution in [0.1, 0.15) is 42.6 Å². The normalized spacial score (nSPS) is 14.8. The second kappa shape index (κ2) is 10.4. The first-order valence-corrected chi connectivity index (χ1v) is 11.5. The van der Waals surface area contributed by atoms with Crippen LogP contribution in [0.15, 0.2) is 53.3 Å². The second-order valence-electron chi connectivity index (χ2n) is 8.31. The largest absolute Gasteiger partial charge is 0.494 e. The summed E-state index contributed by atoms with van der Waals surface area (Å²) < 4.78 is 6.67. The standard InChI is InChI=1S/C25H30N4O3/c1-32-22-14-7-6-13-21(22)29-25(31)20-12-5-4-11-19(20)23(27-29)24(30)26-15-10-18-28-16-8-2-3-9-17-28/h4-7,11-14H,2-3,8-10,15-18H2,1H3,(H,26,30)/p+1. The third kappa shape index (κ3) is 4.83. The monoisotopic (exact) mass is 435 g/mol. The zero-order valence-corrected chi connectivity index (χ0v) is 18.6. The zero-order valence-electron chi connectivity index (χ0n) is 18.6. The molecule has 32 heavy (non-hydrogen) atoms. The number of nitrogens with one attached hydrogen (secondary N) is 2. The fourth-order valence-corrected chi connectivity index (χ4v) is 4.43. The lowest BCUT2D eigenvalue weighted by Gasteiger charge is -2.17. The Morgan fingerprint density at radius 2 is 1.72 bits per heavy atom. The van der Waals surface area contributed by atoms with Crippen molar-refractivity contribution >= 4 is 16.7 Å². The lowest BCUT2D eigenvalue weighted by Crippen LogP contribution is -3.11. The zero-order chi connectivity index (χ0) is 22.3. The first-order chi connectivity index (χ1) is 15.7. The van der Waals surface area contributed by atoms with Crippen molar-refractivity contribution in [3.63, 3.8) is 0 Å². The van der Waals surface area contributed by atoms with Gasteiger partial charge in [0.05, 0.1) is 32.1 Å². The van der Waals surface area contributed by atoms with E-state index >= 15 is 0 Å². The highest BCUT2D eigenvalue weighted by atomic mass is 16.5. The maximum absolute atomic E-state index is 13.1. The van der Waals surface area contributed by atoms with Gasteiger partial charge in [-0.05, 0) is 43.9 Å². The summed E-state index contributed by atoms with van der Waals surface area (Å²) in [6.07, 6.45) is 6.18. The molecular formula is C25H31N4O3+. The number of para-hydroxylation sites is 2. The first-order valence-electron chi connectivity index (χ1n) is 11.5. The van der Waals surface area contributed by atoms with Crippen molar-refractivity contribution in [1.29, 1.82) is 0 Å². The SMILES string of the molecule is COc1ccccc1-n1nc(C(=O)NCCC[NH+]2CCCCCC2)c2ccccc2c1=O. The van der Waals surface area contributed by atoms with E-state index in [0.717, 1.165) is 13.0 Å². The number of carbonyl (C=O) groups excluding carboxylic acids is 1. The van der Waals surface area contributed by atoms with Crippen molar-refractivity contribution in [2.45, 2.75) is 32.1 Å². The van der Waals surface area contributed by atoms with E-state index in [1.54, 1.807) is 42.3 Å². The molecule has 1 amide bonds. The van der Waals surface area contributed by atoms with Crippen LogP contribution in [-0.4, -0.2) is 49.0 Å². The van der Waals surface area contributed by atoms with E-state index in [0.29, 0.717) is 28.8 Å². The third-order valence-corrected chi connectivity index (χ3v) is 6.14. The summed E-state index contributed by atoms with van der Waals surface area (Å²) >= 11 is 0. The molecule has 0 radical (unpaired) electrons. The van der Waals surface area contributed by atoms with Crippen molar-refractivity contribution in [1.82, 2.24) is 15.1 Å². The van der Waals surface area contributed by atoms with Gasteiger partial charge in [-0.15, -0.1) is 0 Å². The number of ether oxygens (including phenoxy) is 1. The Bertz CT molecular complexity index is 1130. The molecule has 0 saturated carbocycles. The van der Waals surface area contributed by atoms with E-state index in [1.165, 1.54) is 43.5 Å². The molecule has 2 heterocycles. The summed E-state index contributed by atoms with van der Waals surface area (Å²) in [6.45, 7) is 4.11. The Morgan fingerprint density at radius 1 is 1.03 bits per heavy atom. The van der Waals surface area contributed by atoms with Crippen LogP contribution in [0, 0.1) is 0 Å². The molecule has 1 aromatic heterocycles. The summed E-state index contributed by atoms with van der Waals surface area (Å²) in [5.41, 5.74) is 0.462. The summed E-state index contributed by atoms with van der Waals surface area (Å²) in [5, 5.41) is 8.49. The van der Waals surface area contributed by atoms with E-state index < -0.39 is 0 Å². The third-order valence-electron chi connectivity index (χ3n) is 6.14. The Kier molecular flexibility index (Phi) is 7.17. The van der Waals surface area contributed by atoms with E-state index in [2.05, 4.69) is 10.4 Å². The number of hydrogen-bond acceptors (Lipinski definition) is 4. The molecule has 1 fully saturated rings. The molecule has 0 unspecified atom stereocenters. The average molecular weight is 436 g/mol. The maximum atomic E-state index is 13.1. The molecule has 1 saturated heterocycles. The molecule has 3 aromatic rings. The van der Waals surface area contributed by atoms with Gasteiger partial charge in [0.25, 0.3) is 11.5 Å². The van der Waals surface area contributed by atoms with Gasteiger partial charge in [-0.3, -0.25) is 9.59 Å². The van der Waals surface area contributed by atoms with Crippen molar-refractivity contribution in [2.24, 2.45) is 0 Å². The van der Waals surface area contributed by atoms with Gasteiger partial charge < -0.3 is 15.0 Å². The molecule has 1 aliphatic rings. The van der Waals surface area contributed by atoms with Crippen LogP contribution >= 0.6 is 0 Å². The number of hydrogen-bond donors (Lipinski definition) is 2. The number of nitrogens with zero attached hydrogens (tertiary/aromatic N) is 2. The molecule has 0 bridgehead atoms. The van der Waals surface area contributed by atoms with Crippen LogP contribution in [0.4, 0.5) is 0 Å². The Balaban J connectivity index is 1.57. The van der Waals surface area contributed by atoms with Crippen LogP contribution in [0.3, 0.4) is 0 Å². The maximum Gasteiger partial charge on any atom is 0.279 e. The highest BCUT2D eigenvalue weighted by Crippen LogP contribution is 2.22. The molecular weight excluding hydrogens is 404 g/mol. The van der Waals surface area contributed by atoms with Crippen LogP contribution < -0.4 is 20.5 Å². The van der Waals surface area contributed by atoms with E-state index in [1.807, 2.05) is 18.2 Å². The fourth-order valence-electron chi connectivity index (χ4n) is 4.43. The summed E-state index contributed by atoms with van der Waals surface area (Å²) in [4.78, 5) is 27.9. The minimum absolute atomic E-state index is 0.244. The quantitative estimate of drug-likeness (QED) is 0.557. The number of benzene rings is 2. The fraction of sp³-hybridized carbons (Fsp3) is 0.400. The number of fused-ring (bicyclic) bond motifs is 1. The van der Waals surface area contributed by atoms with Gasteiger partial charge in [-0.1, -0.05) is 30.3 Å². The predicted octanol–water partition coefficient (Wildman–Crippen LogP) is 1.97. The Labute approximate surface area is 188 Å². The minimum atomic E-state index is -0.286. The van der Waals surface area contributed by atoms with Gasteiger partial charge in [0.1, 0.15) is 11.4 Å². The summed E-state index contributed by atoms with van der Waals surface area (Å²) in [5.74, 6) is 0.250. The van der Waals surface area contributed by atoms with Crippen LogP contribution in [0.5, 0.6) is 5.75 Å². The van der Waals surface area contributed by atoms with Gasteiger partial charge in [0.2, 0.25) is 0 Å². The highest BCUT2D eigenvalue weighted by Gasteiger charge is 2.19. The molecule has 7 heteroatoms. The van der Waals surface area contributed by atoms with Gasteiger partial charge in [0.15, 0.2) is 5.69 Å². The summed E-state index contributed by atoms with van der Waals surface area (Å²) in [6, 6.07) is 14.3. The molecule has 4 rings (SSSR count). The number of aromatic nitrogens is 2. The molecule has 7 nitrogen and oxygen atoms in total. The van der Waals surface area contributed by atoms with Crippen molar-refractivity contribution < 1.29 is 14.4 Å². The predicted molar refractivity (Wildman–Crippen MR) is 125 cm³/mol. The number of carbonyl (C=O) groups is 1. The Hall–Kier alpha value is -3.19. The lowest BCUT2D eigenvalue weighted by atomic mass is 10.1. The molecule has 168 valence electrons. The highest BCUT2D eigenvalue weighted by molar-refractivity contribution is 6.04. The smallest absolute Gasteiger partial charge is 0.279 e. The topological polar surface area (TPSA) is 77.7 Å². The molecule has 0 spiro atoms. The number of likely N-dealkylation sites (tertiary alicyclic amines) is 1. The van der Waals surface area contributed by atoms with Crippen LogP contribution in [0.2, 0.25) is 0 Å². The van der Waals surface area contributed by atoms with Crippen molar-refractivity contribution in [2.75, 3.05) is 33.3 Å². The number of quaternary nitrogens is 1. The van der Waals surface area contributed by atoms with Gasteiger partial charge in [0, 0.05) is 18.4 Å². The van der Waals surface area contributed by atoms with E-state index in [-0.39, 0.29) is 17.2 Å². The van der Waals surface area contributed by atoms with Crippen LogP contribution in [-0.2, 0) is 0 Å². The first kappa shape index (κ1) is 22.0. The minimum Gasteiger partial charge on any atom is -0.494 e. The van der Waals surface area contributed by atoms with E-state index in [4.69, 9.17) is 4.74 Å². The lowest BCUT2D eigenvalue weighted by molar-refractivity contribution is -0.899. The molecule has 0 aliphatic carbocycles. The number of amides is 1. The van der Waals surface area contributed by atoms with Gasteiger partial charge in [-0.25, -0.2) is 0 Å². The van der Waals surface area contributed by atoms with Crippen LogP contribution in [0.25, 0.3) is 16.5 Å². The van der Waals surface area contributed by atoms with Gasteiger partial charge in [-0.2, -0.15) is 9.78 Å². The number of rotatable bonds is 7.